The van der Waals surface area contributed by atoms with Crippen LogP contribution in [-0.2, 0) is 19.9 Å². The summed E-state index contributed by atoms with van der Waals surface area (Å²) >= 11 is 3.69. The topological polar surface area (TPSA) is 29.9 Å². The van der Waals surface area contributed by atoms with E-state index in [2.05, 4.69) is 57.7 Å². The number of hydrogen-bond donors (Lipinski definition) is 1. The summed E-state index contributed by atoms with van der Waals surface area (Å²) in [5.41, 5.74) is 5.38. The summed E-state index contributed by atoms with van der Waals surface area (Å²) in [5, 5.41) is 8.05. The molecule has 0 aliphatic heterocycles. The zero-order valence-electron chi connectivity index (χ0n) is 12.9. The number of rotatable bonds is 4. The van der Waals surface area contributed by atoms with E-state index >= 15 is 0 Å². The molecule has 1 aromatic carbocycles. The van der Waals surface area contributed by atoms with Crippen LogP contribution >= 0.6 is 15.9 Å². The summed E-state index contributed by atoms with van der Waals surface area (Å²) in [5.74, 6) is 0.591. The third kappa shape index (κ3) is 2.67. The van der Waals surface area contributed by atoms with Gasteiger partial charge in [0, 0.05) is 25.4 Å². The van der Waals surface area contributed by atoms with Crippen molar-refractivity contribution in [2.45, 2.75) is 38.1 Å². The normalized spacial score (nSPS) is 18.8. The van der Waals surface area contributed by atoms with Crippen LogP contribution in [0.5, 0.6) is 0 Å². The first kappa shape index (κ1) is 14.8. The van der Waals surface area contributed by atoms with Gasteiger partial charge in [0.25, 0.3) is 0 Å². The van der Waals surface area contributed by atoms with Gasteiger partial charge in [-0.1, -0.05) is 24.3 Å². The van der Waals surface area contributed by atoms with Gasteiger partial charge >= 0.3 is 0 Å². The highest BCUT2D eigenvalue weighted by Crippen LogP contribution is 2.37. The molecule has 0 amide bonds. The smallest absolute Gasteiger partial charge is 0.0738 e. The summed E-state index contributed by atoms with van der Waals surface area (Å²) in [6.07, 6.45) is 3.43. The van der Waals surface area contributed by atoms with Crippen molar-refractivity contribution in [3.63, 3.8) is 0 Å². The van der Waals surface area contributed by atoms with Gasteiger partial charge in [-0.25, -0.2) is 0 Å². The highest BCUT2D eigenvalue weighted by Gasteiger charge is 2.30. The number of nitrogens with zero attached hydrogens (tertiary/aromatic N) is 2. The molecule has 3 rings (SSSR count). The molecule has 1 aliphatic carbocycles. The van der Waals surface area contributed by atoms with E-state index in [0.29, 0.717) is 12.0 Å². The summed E-state index contributed by atoms with van der Waals surface area (Å²) in [6.45, 7) is 2.05. The molecule has 1 heterocycles. The zero-order valence-corrected chi connectivity index (χ0v) is 14.4. The van der Waals surface area contributed by atoms with Gasteiger partial charge in [-0.2, -0.15) is 5.10 Å². The fourth-order valence-electron chi connectivity index (χ4n) is 3.56. The minimum atomic E-state index is 0.444. The van der Waals surface area contributed by atoms with Crippen LogP contribution in [0.15, 0.2) is 28.7 Å². The van der Waals surface area contributed by atoms with Crippen LogP contribution in [-0.4, -0.2) is 22.9 Å². The van der Waals surface area contributed by atoms with Crippen LogP contribution in [0.25, 0.3) is 0 Å². The lowest BCUT2D eigenvalue weighted by atomic mass is 9.90. The van der Waals surface area contributed by atoms with Crippen molar-refractivity contribution in [2.75, 3.05) is 7.05 Å². The Balaban J connectivity index is 1.87. The van der Waals surface area contributed by atoms with Gasteiger partial charge in [0.15, 0.2) is 0 Å². The number of aryl methyl sites for hydroxylation is 3. The molecule has 2 atom stereocenters. The molecule has 112 valence electrons. The summed E-state index contributed by atoms with van der Waals surface area (Å²) in [6, 6.07) is 9.32. The number of fused-ring (bicyclic) bond motifs is 1. The summed E-state index contributed by atoms with van der Waals surface area (Å²) in [4.78, 5) is 0. The van der Waals surface area contributed by atoms with Crippen molar-refractivity contribution in [3.8, 4) is 0 Å². The van der Waals surface area contributed by atoms with Crippen LogP contribution < -0.4 is 5.32 Å². The van der Waals surface area contributed by atoms with Crippen molar-refractivity contribution >= 4 is 15.9 Å². The SMILES string of the molecule is CNC(Cc1c(Br)c(C)nn1C)C1CCc2ccccc21. The first-order chi connectivity index (χ1) is 10.1. The molecular weight excluding hydrogens is 326 g/mol. The van der Waals surface area contributed by atoms with E-state index in [1.165, 1.54) is 29.7 Å². The number of nitrogens with one attached hydrogen (secondary N) is 1. The predicted octanol–water partition coefficient (Wildman–Crippen LogP) is 3.35. The van der Waals surface area contributed by atoms with E-state index < -0.39 is 0 Å². The Labute approximate surface area is 134 Å². The second kappa shape index (κ2) is 5.93. The number of benzene rings is 1. The lowest BCUT2D eigenvalue weighted by Gasteiger charge is -2.24. The van der Waals surface area contributed by atoms with E-state index in [4.69, 9.17) is 0 Å². The van der Waals surface area contributed by atoms with Crippen molar-refractivity contribution in [1.82, 2.24) is 15.1 Å². The maximum absolute atomic E-state index is 4.51. The minimum absolute atomic E-state index is 0.444. The second-order valence-electron chi connectivity index (χ2n) is 5.91. The second-order valence-corrected chi connectivity index (χ2v) is 6.71. The number of aromatic nitrogens is 2. The molecule has 0 bridgehead atoms. The average molecular weight is 348 g/mol. The highest BCUT2D eigenvalue weighted by molar-refractivity contribution is 9.10. The quantitative estimate of drug-likeness (QED) is 0.918. The molecular formula is C17H22BrN3. The Morgan fingerprint density at radius 1 is 1.43 bits per heavy atom. The molecule has 3 nitrogen and oxygen atoms in total. The summed E-state index contributed by atoms with van der Waals surface area (Å²) < 4.78 is 3.15. The lowest BCUT2D eigenvalue weighted by molar-refractivity contribution is 0.445. The van der Waals surface area contributed by atoms with E-state index in [0.717, 1.165) is 16.6 Å². The molecule has 1 N–H and O–H groups in total. The Bertz CT molecular complexity index is 647. The molecule has 2 aromatic rings. The minimum Gasteiger partial charge on any atom is -0.316 e. The molecule has 0 saturated carbocycles. The van der Waals surface area contributed by atoms with Crippen molar-refractivity contribution in [2.24, 2.45) is 7.05 Å². The van der Waals surface area contributed by atoms with Crippen molar-refractivity contribution in [1.29, 1.82) is 0 Å². The Hall–Kier alpha value is -1.13. The van der Waals surface area contributed by atoms with Gasteiger partial charge in [0.1, 0.15) is 0 Å². The molecule has 2 unspecified atom stereocenters. The fourth-order valence-corrected chi connectivity index (χ4v) is 4.06. The van der Waals surface area contributed by atoms with Crippen molar-refractivity contribution < 1.29 is 0 Å². The molecule has 1 aliphatic rings. The number of halogens is 1. The molecule has 21 heavy (non-hydrogen) atoms. The monoisotopic (exact) mass is 347 g/mol. The first-order valence-electron chi connectivity index (χ1n) is 7.55. The number of likely N-dealkylation sites (N-methyl/N-ethyl adjacent to an activating group) is 1. The van der Waals surface area contributed by atoms with Gasteiger partial charge in [0.05, 0.1) is 15.9 Å². The number of hydrogen-bond acceptors (Lipinski definition) is 2. The van der Waals surface area contributed by atoms with E-state index in [1.54, 1.807) is 0 Å². The highest BCUT2D eigenvalue weighted by atomic mass is 79.9. The van der Waals surface area contributed by atoms with Crippen molar-refractivity contribution in [3.05, 3.63) is 51.3 Å². The Morgan fingerprint density at radius 3 is 2.86 bits per heavy atom. The van der Waals surface area contributed by atoms with Gasteiger partial charge in [-0.15, -0.1) is 0 Å². The van der Waals surface area contributed by atoms with Gasteiger partial charge in [-0.3, -0.25) is 4.68 Å². The van der Waals surface area contributed by atoms with E-state index in [1.807, 2.05) is 18.7 Å². The molecule has 0 saturated heterocycles. The molecule has 1 aromatic heterocycles. The van der Waals surface area contributed by atoms with Crippen LogP contribution in [0.3, 0.4) is 0 Å². The van der Waals surface area contributed by atoms with Crippen LogP contribution in [0.2, 0.25) is 0 Å². The van der Waals surface area contributed by atoms with Gasteiger partial charge in [-0.05, 0) is 53.9 Å². The fraction of sp³-hybridized carbons (Fsp3) is 0.471. The molecule has 0 fully saturated rings. The molecule has 0 spiro atoms. The Kier molecular flexibility index (Phi) is 4.18. The predicted molar refractivity (Wildman–Crippen MR) is 89.7 cm³/mol. The van der Waals surface area contributed by atoms with Gasteiger partial charge in [0.2, 0.25) is 0 Å². The average Bonchev–Trinajstić information content (AvgIpc) is 3.00. The third-order valence-electron chi connectivity index (χ3n) is 4.71. The maximum Gasteiger partial charge on any atom is 0.0738 e. The van der Waals surface area contributed by atoms with E-state index in [-0.39, 0.29) is 0 Å². The third-order valence-corrected chi connectivity index (χ3v) is 5.74. The van der Waals surface area contributed by atoms with Crippen LogP contribution in [0.1, 0.15) is 34.9 Å². The molecule has 4 heteroatoms. The largest absolute Gasteiger partial charge is 0.316 e. The van der Waals surface area contributed by atoms with E-state index in [9.17, 15) is 0 Å². The summed E-state index contributed by atoms with van der Waals surface area (Å²) in [7, 11) is 4.10. The lowest BCUT2D eigenvalue weighted by Crippen LogP contribution is -2.34. The maximum atomic E-state index is 4.51. The zero-order chi connectivity index (χ0) is 15.0. The Morgan fingerprint density at radius 2 is 2.19 bits per heavy atom. The van der Waals surface area contributed by atoms with Crippen LogP contribution in [0.4, 0.5) is 0 Å². The molecule has 0 radical (unpaired) electrons. The van der Waals surface area contributed by atoms with Crippen LogP contribution in [0, 0.1) is 6.92 Å². The standard InChI is InChI=1S/C17H22BrN3/c1-11-17(18)16(21(3)20-11)10-15(19-2)14-9-8-12-6-4-5-7-13(12)14/h4-7,14-15,19H,8-10H2,1-3H3. The first-order valence-corrected chi connectivity index (χ1v) is 8.34. The van der Waals surface area contributed by atoms with Gasteiger partial charge < -0.3 is 5.32 Å².